The number of carbonyl (C=O) groups excluding carboxylic acids is 2. The summed E-state index contributed by atoms with van der Waals surface area (Å²) >= 11 is 0. The maximum absolute atomic E-state index is 14.1. The number of unbranched alkanes of at least 4 members (excludes halogenated alkanes) is 26. The topological polar surface area (TPSA) is 368 Å². The molecule has 482 valence electrons. The molecule has 0 bridgehead atoms. The molecular weight excluding hydrogens is 1100 g/mol. The van der Waals surface area contributed by atoms with Crippen molar-refractivity contribution in [1.82, 2.24) is 0 Å². The van der Waals surface area contributed by atoms with Gasteiger partial charge in [0, 0.05) is 12.8 Å². The van der Waals surface area contributed by atoms with Gasteiger partial charge in [0.15, 0.2) is 18.7 Å². The second kappa shape index (κ2) is 42.9. The fraction of sp³-hybridized carbons (Fsp3) is 0.931. The zero-order valence-corrected chi connectivity index (χ0v) is 49.9. The highest BCUT2D eigenvalue weighted by Gasteiger charge is 2.58. The molecule has 3 fully saturated rings. The molecule has 0 aromatic rings. The van der Waals surface area contributed by atoms with Crippen LogP contribution in [0.3, 0.4) is 0 Å². The molecule has 3 rings (SSSR count). The molecule has 12 N–H and O–H groups in total. The van der Waals surface area contributed by atoms with Crippen molar-refractivity contribution in [1.29, 1.82) is 0 Å². The highest BCUT2D eigenvalue weighted by molar-refractivity contribution is 7.47. The summed E-state index contributed by atoms with van der Waals surface area (Å²) in [5, 5.41) is 117. The second-order valence-electron chi connectivity index (χ2n) is 22.6. The van der Waals surface area contributed by atoms with Crippen LogP contribution in [0.15, 0.2) is 12.2 Å². The van der Waals surface area contributed by atoms with Gasteiger partial charge in [-0.2, -0.15) is 0 Å². The van der Waals surface area contributed by atoms with Gasteiger partial charge in [-0.05, 0) is 38.5 Å². The van der Waals surface area contributed by atoms with E-state index in [0.717, 1.165) is 83.5 Å². The van der Waals surface area contributed by atoms with Crippen molar-refractivity contribution in [3.05, 3.63) is 12.2 Å². The van der Waals surface area contributed by atoms with Crippen LogP contribution in [0.2, 0.25) is 0 Å². The monoisotopic (exact) mass is 1200 g/mol. The molecule has 0 spiro atoms. The van der Waals surface area contributed by atoms with Crippen molar-refractivity contribution in [3.63, 3.8) is 0 Å². The van der Waals surface area contributed by atoms with Crippen LogP contribution in [-0.2, 0) is 51.6 Å². The number of hydrogen-bond donors (Lipinski definition) is 12. The van der Waals surface area contributed by atoms with Crippen molar-refractivity contribution >= 4 is 19.8 Å². The fourth-order valence-corrected chi connectivity index (χ4v) is 11.4. The minimum Gasteiger partial charge on any atom is -0.462 e. The minimum absolute atomic E-state index is 0.0277. The molecule has 23 nitrogen and oxygen atoms in total. The first kappa shape index (κ1) is 74.4. The lowest BCUT2D eigenvalue weighted by molar-refractivity contribution is -0.360. The number of allylic oxidation sites excluding steroid dienone is 2. The normalized spacial score (nSPS) is 30.8. The number of phosphoric acid groups is 1. The molecule has 1 aliphatic carbocycles. The van der Waals surface area contributed by atoms with Gasteiger partial charge in [-0.15, -0.1) is 0 Å². The Bertz CT molecular complexity index is 1680. The van der Waals surface area contributed by atoms with E-state index in [1.807, 2.05) is 0 Å². The summed E-state index contributed by atoms with van der Waals surface area (Å²) in [5.74, 6) is -1.33. The van der Waals surface area contributed by atoms with Gasteiger partial charge in [-0.25, -0.2) is 4.57 Å². The van der Waals surface area contributed by atoms with E-state index in [-0.39, 0.29) is 12.8 Å². The standard InChI is InChI=1S/C58H107O23P/c1-3-5-7-9-11-13-15-17-19-21-23-25-27-29-31-33-35-44(62)76-40(38-74-43(61)34-32-30-28-26-24-22-20-18-16-14-12-10-8-6-4-2)39-75-82(72,73)81-56-54(79-57-52(70)47(65)45(63)41(36-59)77-57)50(68)49(67)51(69)55(56)80-58-53(71)48(66)46(64)42(37-60)78-58/h14,16,40-42,45-60,63-71H,3-13,15,17-39H2,1-2H3,(H,72,73)/b16-14-. The van der Waals surface area contributed by atoms with Crippen LogP contribution < -0.4 is 0 Å². The Kier molecular flexibility index (Phi) is 39.0. The van der Waals surface area contributed by atoms with Crippen LogP contribution in [0.5, 0.6) is 0 Å². The molecular formula is C58H107O23P. The average Bonchev–Trinajstić information content (AvgIpc) is 3.64. The molecule has 1 saturated carbocycles. The number of ether oxygens (including phenoxy) is 6. The van der Waals surface area contributed by atoms with Gasteiger partial charge < -0.3 is 89.5 Å². The van der Waals surface area contributed by atoms with E-state index in [2.05, 4.69) is 26.0 Å². The van der Waals surface area contributed by atoms with Gasteiger partial charge >= 0.3 is 19.8 Å². The SMILES string of the molecule is CCCCCC/C=C\CCCCCCCCCC(=O)OCC(COP(=O)(O)OC1C(OC2OC(CO)C(O)C(O)C2O)C(O)C(O)C(O)C1OC1OC(CO)C(O)C(O)C1O)OC(=O)CCCCCCCCCCCCCCCCCC. The van der Waals surface area contributed by atoms with E-state index in [9.17, 15) is 75.2 Å². The minimum atomic E-state index is -5.64. The summed E-state index contributed by atoms with van der Waals surface area (Å²) in [7, 11) is -5.64. The Labute approximate surface area is 486 Å². The first-order chi connectivity index (χ1) is 39.4. The third-order valence-corrected chi connectivity index (χ3v) is 16.6. The number of carbonyl (C=O) groups is 2. The largest absolute Gasteiger partial charge is 0.472 e. The summed E-state index contributed by atoms with van der Waals surface area (Å²) in [5.41, 5.74) is 0. The summed E-state index contributed by atoms with van der Waals surface area (Å²) in [4.78, 5) is 37.6. The Balaban J connectivity index is 1.67. The molecule has 16 unspecified atom stereocenters. The molecule has 24 heteroatoms. The van der Waals surface area contributed by atoms with E-state index in [1.165, 1.54) is 89.9 Å². The lowest BCUT2D eigenvalue weighted by atomic mass is 9.84. The highest BCUT2D eigenvalue weighted by atomic mass is 31.2. The summed E-state index contributed by atoms with van der Waals surface area (Å²) in [6, 6.07) is 0. The first-order valence-corrected chi connectivity index (χ1v) is 32.5. The van der Waals surface area contributed by atoms with Crippen molar-refractivity contribution in [2.24, 2.45) is 0 Å². The number of esters is 2. The third-order valence-electron chi connectivity index (χ3n) is 15.6. The Morgan fingerprint density at radius 1 is 0.451 bits per heavy atom. The Hall–Kier alpha value is -1.81. The lowest BCUT2D eigenvalue weighted by Gasteiger charge is -2.49. The quantitative estimate of drug-likeness (QED) is 0.0163. The van der Waals surface area contributed by atoms with Crippen molar-refractivity contribution in [2.75, 3.05) is 26.4 Å². The molecule has 2 aliphatic heterocycles. The van der Waals surface area contributed by atoms with Crippen molar-refractivity contribution in [2.45, 2.75) is 317 Å². The van der Waals surface area contributed by atoms with Crippen LogP contribution in [-0.4, -0.2) is 204 Å². The number of phosphoric ester groups is 1. The zero-order valence-electron chi connectivity index (χ0n) is 49.0. The predicted molar refractivity (Wildman–Crippen MR) is 300 cm³/mol. The lowest BCUT2D eigenvalue weighted by Crippen LogP contribution is -2.69. The van der Waals surface area contributed by atoms with E-state index < -0.39 is 150 Å². The summed E-state index contributed by atoms with van der Waals surface area (Å²) < 4.78 is 58.2. The second-order valence-corrected chi connectivity index (χ2v) is 24.0. The zero-order chi connectivity index (χ0) is 60.3. The van der Waals surface area contributed by atoms with Crippen LogP contribution in [0.25, 0.3) is 0 Å². The molecule has 2 heterocycles. The number of rotatable bonds is 46. The summed E-state index contributed by atoms with van der Waals surface area (Å²) in [6.07, 6.45) is 1.76. The predicted octanol–water partition coefficient (Wildman–Crippen LogP) is 5.10. The molecule has 3 aliphatic rings. The van der Waals surface area contributed by atoms with Gasteiger partial charge in [0.1, 0.15) is 92.1 Å². The molecule has 0 aromatic heterocycles. The van der Waals surface area contributed by atoms with Crippen LogP contribution >= 0.6 is 7.82 Å². The molecule has 0 aromatic carbocycles. The van der Waals surface area contributed by atoms with E-state index in [1.54, 1.807) is 0 Å². The Morgan fingerprint density at radius 3 is 1.21 bits per heavy atom. The molecule has 0 radical (unpaired) electrons. The molecule has 2 saturated heterocycles. The van der Waals surface area contributed by atoms with E-state index >= 15 is 0 Å². The van der Waals surface area contributed by atoms with Gasteiger partial charge in [0.05, 0.1) is 19.8 Å². The smallest absolute Gasteiger partial charge is 0.462 e. The van der Waals surface area contributed by atoms with Gasteiger partial charge in [0.25, 0.3) is 0 Å². The first-order valence-electron chi connectivity index (χ1n) is 31.0. The number of hydrogen-bond acceptors (Lipinski definition) is 22. The van der Waals surface area contributed by atoms with Crippen LogP contribution in [0, 0.1) is 0 Å². The van der Waals surface area contributed by atoms with Crippen molar-refractivity contribution < 1.29 is 113 Å². The van der Waals surface area contributed by atoms with Crippen molar-refractivity contribution in [3.8, 4) is 0 Å². The van der Waals surface area contributed by atoms with Gasteiger partial charge in [-0.3, -0.25) is 18.6 Å². The fourth-order valence-electron chi connectivity index (χ4n) is 10.4. The van der Waals surface area contributed by atoms with E-state index in [0.29, 0.717) is 12.8 Å². The highest BCUT2D eigenvalue weighted by Crippen LogP contribution is 2.49. The maximum atomic E-state index is 14.1. The number of aliphatic hydroxyl groups is 11. The van der Waals surface area contributed by atoms with Crippen LogP contribution in [0.1, 0.15) is 213 Å². The molecule has 16 atom stereocenters. The Morgan fingerprint density at radius 2 is 0.805 bits per heavy atom. The molecule has 82 heavy (non-hydrogen) atoms. The maximum Gasteiger partial charge on any atom is 0.472 e. The third kappa shape index (κ3) is 27.9. The summed E-state index contributed by atoms with van der Waals surface area (Å²) in [6.45, 7) is 1.02. The molecule has 0 amide bonds. The number of aliphatic hydroxyl groups excluding tert-OH is 11. The van der Waals surface area contributed by atoms with E-state index in [4.69, 9.17) is 37.5 Å². The van der Waals surface area contributed by atoms with Gasteiger partial charge in [0.2, 0.25) is 0 Å². The van der Waals surface area contributed by atoms with Crippen LogP contribution in [0.4, 0.5) is 0 Å². The van der Waals surface area contributed by atoms with Gasteiger partial charge in [-0.1, -0.05) is 174 Å². The average molecular weight is 1200 g/mol.